The van der Waals surface area contributed by atoms with E-state index in [-0.39, 0.29) is 12.2 Å². The van der Waals surface area contributed by atoms with Gasteiger partial charge in [-0.3, -0.25) is 0 Å². The van der Waals surface area contributed by atoms with Gasteiger partial charge >= 0.3 is 5.97 Å². The van der Waals surface area contributed by atoms with Crippen molar-refractivity contribution in [2.75, 3.05) is 24.6 Å². The van der Waals surface area contributed by atoms with Crippen molar-refractivity contribution in [3.8, 4) is 0 Å². The zero-order chi connectivity index (χ0) is 12.8. The molecule has 0 radical (unpaired) electrons. The zero-order valence-electron chi connectivity index (χ0n) is 9.27. The second-order valence-corrected chi connectivity index (χ2v) is 4.28. The van der Waals surface area contributed by atoms with Crippen molar-refractivity contribution in [2.45, 2.75) is 0 Å². The number of aliphatic hydroxyl groups excluding tert-OH is 1. The van der Waals surface area contributed by atoms with Crippen LogP contribution in [0.5, 0.6) is 0 Å². The molecule has 0 aromatic heterocycles. The van der Waals surface area contributed by atoms with Crippen LogP contribution in [0.2, 0.25) is 0 Å². The first-order chi connectivity index (χ1) is 8.10. The first-order valence-corrected chi connectivity index (χ1v) is 5.89. The minimum Gasteiger partial charge on any atom is -0.478 e. The summed E-state index contributed by atoms with van der Waals surface area (Å²) in [5, 5.41) is 17.9. The maximum absolute atomic E-state index is 10.9. The molecule has 0 atom stereocenters. The third-order valence-electron chi connectivity index (χ3n) is 2.27. The number of hydrogen-bond donors (Lipinski definition) is 2. The fourth-order valence-corrected chi connectivity index (χ4v) is 2.01. The number of halogens is 1. The summed E-state index contributed by atoms with van der Waals surface area (Å²) in [7, 11) is 0. The van der Waals surface area contributed by atoms with E-state index >= 15 is 0 Å². The molecule has 17 heavy (non-hydrogen) atoms. The van der Waals surface area contributed by atoms with Crippen molar-refractivity contribution >= 4 is 27.6 Å². The van der Waals surface area contributed by atoms with Crippen LogP contribution in [-0.4, -0.2) is 35.9 Å². The van der Waals surface area contributed by atoms with E-state index in [1.807, 2.05) is 4.90 Å². The number of rotatable bonds is 6. The Morgan fingerprint density at radius 1 is 1.53 bits per heavy atom. The lowest BCUT2D eigenvalue weighted by Crippen LogP contribution is -2.26. The SMILES string of the molecule is C=CCN(CCO)c1ccc(C(=O)O)c(Br)c1. The highest BCUT2D eigenvalue weighted by atomic mass is 79.9. The second-order valence-electron chi connectivity index (χ2n) is 3.43. The Hall–Kier alpha value is -1.33. The standard InChI is InChI=1S/C12H14BrNO3/c1-2-5-14(6-7-15)9-3-4-10(12(16)17)11(13)8-9/h2-4,8,15H,1,5-7H2,(H,16,17). The van der Waals surface area contributed by atoms with Crippen LogP contribution in [0, 0.1) is 0 Å². The van der Waals surface area contributed by atoms with E-state index in [9.17, 15) is 4.79 Å². The molecule has 0 saturated carbocycles. The number of hydrogen-bond acceptors (Lipinski definition) is 3. The summed E-state index contributed by atoms with van der Waals surface area (Å²) in [6.07, 6.45) is 1.73. The Bertz CT molecular complexity index is 420. The van der Waals surface area contributed by atoms with Gasteiger partial charge in [0.05, 0.1) is 12.2 Å². The highest BCUT2D eigenvalue weighted by Crippen LogP contribution is 2.24. The number of anilines is 1. The Morgan fingerprint density at radius 3 is 2.71 bits per heavy atom. The predicted molar refractivity (Wildman–Crippen MR) is 70.6 cm³/mol. The average molecular weight is 300 g/mol. The molecule has 4 nitrogen and oxygen atoms in total. The maximum atomic E-state index is 10.9. The van der Waals surface area contributed by atoms with Crippen LogP contribution in [0.25, 0.3) is 0 Å². The summed E-state index contributed by atoms with van der Waals surface area (Å²) in [5.74, 6) is -0.971. The van der Waals surface area contributed by atoms with Crippen molar-refractivity contribution < 1.29 is 15.0 Å². The topological polar surface area (TPSA) is 60.8 Å². The molecule has 0 unspecified atom stereocenters. The molecule has 92 valence electrons. The number of aromatic carboxylic acids is 1. The highest BCUT2D eigenvalue weighted by Gasteiger charge is 2.11. The Balaban J connectivity index is 3.01. The van der Waals surface area contributed by atoms with E-state index in [1.165, 1.54) is 6.07 Å². The maximum Gasteiger partial charge on any atom is 0.336 e. The summed E-state index contributed by atoms with van der Waals surface area (Å²) < 4.78 is 0.523. The van der Waals surface area contributed by atoms with Crippen LogP contribution < -0.4 is 4.90 Å². The molecule has 5 heteroatoms. The van der Waals surface area contributed by atoms with Crippen molar-refractivity contribution in [3.63, 3.8) is 0 Å². The van der Waals surface area contributed by atoms with E-state index in [4.69, 9.17) is 10.2 Å². The number of benzene rings is 1. The minimum absolute atomic E-state index is 0.0339. The Labute approximate surface area is 108 Å². The average Bonchev–Trinajstić information content (AvgIpc) is 2.28. The molecule has 0 amide bonds. The van der Waals surface area contributed by atoms with E-state index < -0.39 is 5.97 Å². The van der Waals surface area contributed by atoms with Crippen LogP contribution in [0.4, 0.5) is 5.69 Å². The van der Waals surface area contributed by atoms with E-state index in [0.717, 1.165) is 5.69 Å². The van der Waals surface area contributed by atoms with Gasteiger partial charge in [0.25, 0.3) is 0 Å². The molecule has 2 N–H and O–H groups in total. The molecule has 1 aromatic rings. The minimum atomic E-state index is -0.971. The van der Waals surface area contributed by atoms with Crippen LogP contribution >= 0.6 is 15.9 Å². The fraction of sp³-hybridized carbons (Fsp3) is 0.250. The number of carboxylic acid groups (broad SMARTS) is 1. The van der Waals surface area contributed by atoms with Crippen molar-refractivity contribution in [2.24, 2.45) is 0 Å². The summed E-state index contributed by atoms with van der Waals surface area (Å²) in [6, 6.07) is 4.98. The molecule has 0 fully saturated rings. The summed E-state index contributed by atoms with van der Waals surface area (Å²) in [4.78, 5) is 12.8. The highest BCUT2D eigenvalue weighted by molar-refractivity contribution is 9.10. The lowest BCUT2D eigenvalue weighted by atomic mass is 10.2. The molecule has 0 heterocycles. The third-order valence-corrected chi connectivity index (χ3v) is 2.92. The fourth-order valence-electron chi connectivity index (χ4n) is 1.48. The van der Waals surface area contributed by atoms with Gasteiger partial charge in [0.15, 0.2) is 0 Å². The number of aliphatic hydroxyl groups is 1. The van der Waals surface area contributed by atoms with Gasteiger partial charge in [0.1, 0.15) is 0 Å². The largest absolute Gasteiger partial charge is 0.478 e. The van der Waals surface area contributed by atoms with Gasteiger partial charge in [-0.05, 0) is 34.1 Å². The predicted octanol–water partition coefficient (Wildman–Crippen LogP) is 2.13. The lowest BCUT2D eigenvalue weighted by molar-refractivity contribution is 0.0696. The monoisotopic (exact) mass is 299 g/mol. The first-order valence-electron chi connectivity index (χ1n) is 5.09. The van der Waals surface area contributed by atoms with Gasteiger partial charge < -0.3 is 15.1 Å². The summed E-state index contributed by atoms with van der Waals surface area (Å²) in [6.45, 7) is 4.75. The molecule has 0 aliphatic heterocycles. The molecule has 0 aliphatic rings. The van der Waals surface area contributed by atoms with Crippen molar-refractivity contribution in [1.82, 2.24) is 0 Å². The molecule has 0 bridgehead atoms. The van der Waals surface area contributed by atoms with Crippen molar-refractivity contribution in [3.05, 3.63) is 40.9 Å². The van der Waals surface area contributed by atoms with Crippen LogP contribution in [0.3, 0.4) is 0 Å². The van der Waals surface area contributed by atoms with Crippen LogP contribution in [0.1, 0.15) is 10.4 Å². The molecule has 0 spiro atoms. The van der Waals surface area contributed by atoms with E-state index in [0.29, 0.717) is 17.6 Å². The normalized spacial score (nSPS) is 10.0. The summed E-state index contributed by atoms with van der Waals surface area (Å²) >= 11 is 3.22. The van der Waals surface area contributed by atoms with Gasteiger partial charge in [0, 0.05) is 23.2 Å². The molecular formula is C12H14BrNO3. The molecular weight excluding hydrogens is 286 g/mol. The van der Waals surface area contributed by atoms with Crippen molar-refractivity contribution in [1.29, 1.82) is 0 Å². The molecule has 1 rings (SSSR count). The van der Waals surface area contributed by atoms with E-state index in [2.05, 4.69) is 22.5 Å². The van der Waals surface area contributed by atoms with Crippen LogP contribution in [-0.2, 0) is 0 Å². The number of carbonyl (C=O) groups is 1. The van der Waals surface area contributed by atoms with Gasteiger partial charge in [-0.25, -0.2) is 4.79 Å². The smallest absolute Gasteiger partial charge is 0.336 e. The molecule has 1 aromatic carbocycles. The third kappa shape index (κ3) is 3.57. The molecule has 0 aliphatic carbocycles. The first kappa shape index (κ1) is 13.7. The number of carboxylic acids is 1. The summed E-state index contributed by atoms with van der Waals surface area (Å²) in [5.41, 5.74) is 1.06. The van der Waals surface area contributed by atoms with E-state index in [1.54, 1.807) is 18.2 Å². The Kier molecular flexibility index (Phi) is 5.18. The molecule has 0 saturated heterocycles. The van der Waals surface area contributed by atoms with Gasteiger partial charge in [-0.1, -0.05) is 6.08 Å². The quantitative estimate of drug-likeness (QED) is 0.790. The van der Waals surface area contributed by atoms with Gasteiger partial charge in [-0.2, -0.15) is 0 Å². The van der Waals surface area contributed by atoms with Crippen LogP contribution in [0.15, 0.2) is 35.3 Å². The lowest BCUT2D eigenvalue weighted by Gasteiger charge is -2.22. The van der Waals surface area contributed by atoms with Gasteiger partial charge in [0.2, 0.25) is 0 Å². The zero-order valence-corrected chi connectivity index (χ0v) is 10.9. The Morgan fingerprint density at radius 2 is 2.24 bits per heavy atom. The second kappa shape index (κ2) is 6.42. The van der Waals surface area contributed by atoms with Gasteiger partial charge in [-0.15, -0.1) is 6.58 Å². The number of nitrogens with zero attached hydrogens (tertiary/aromatic N) is 1.